The fourth-order valence-electron chi connectivity index (χ4n) is 2.43. The number of halogens is 2. The Labute approximate surface area is 158 Å². The van der Waals surface area contributed by atoms with Crippen molar-refractivity contribution in [2.75, 3.05) is 23.3 Å². The summed E-state index contributed by atoms with van der Waals surface area (Å²) in [4.78, 5) is 23.6. The Morgan fingerprint density at radius 2 is 1.76 bits per heavy atom. The average molecular weight is 381 g/mol. The minimum atomic E-state index is -0.307. The minimum absolute atomic E-state index is 0.307. The van der Waals surface area contributed by atoms with Gasteiger partial charge in [0, 0.05) is 24.5 Å². The number of aromatic nitrogens is 2. The van der Waals surface area contributed by atoms with Gasteiger partial charge in [0.25, 0.3) is 5.91 Å². The van der Waals surface area contributed by atoms with Gasteiger partial charge in [0.2, 0.25) is 5.95 Å². The number of anilines is 2. The monoisotopic (exact) mass is 380 g/mol. The highest BCUT2D eigenvalue weighted by Gasteiger charge is 2.15. The van der Waals surface area contributed by atoms with Crippen molar-refractivity contribution in [1.82, 2.24) is 9.97 Å². The molecule has 0 aliphatic rings. The zero-order valence-electron chi connectivity index (χ0n) is 14.6. The molecule has 0 bridgehead atoms. The molecule has 0 saturated heterocycles. The molecule has 134 valence electrons. The molecule has 7 heteroatoms. The van der Waals surface area contributed by atoms with Gasteiger partial charge in [-0.25, -0.2) is 9.97 Å². The van der Waals surface area contributed by atoms with E-state index in [1.54, 1.807) is 24.3 Å². The van der Waals surface area contributed by atoms with Crippen LogP contribution in [-0.2, 0) is 0 Å². The maximum Gasteiger partial charge on any atom is 0.274 e. The maximum absolute atomic E-state index is 12.6. The van der Waals surface area contributed by atoms with Crippen LogP contribution >= 0.6 is 23.2 Å². The number of carbonyl (C=O) groups excluding carboxylic acids is 1. The summed E-state index contributed by atoms with van der Waals surface area (Å²) < 4.78 is 0. The number of hydrogen-bond acceptors (Lipinski definition) is 4. The molecule has 2 rings (SSSR count). The van der Waals surface area contributed by atoms with E-state index in [9.17, 15) is 4.79 Å². The molecule has 0 radical (unpaired) electrons. The summed E-state index contributed by atoms with van der Waals surface area (Å²) in [5.74, 6) is 0.279. The van der Waals surface area contributed by atoms with Crippen molar-refractivity contribution in [3.8, 4) is 0 Å². The van der Waals surface area contributed by atoms with Gasteiger partial charge in [-0.2, -0.15) is 0 Å². The number of hydrogen-bond donors (Lipinski definition) is 1. The normalized spacial score (nSPS) is 10.6. The van der Waals surface area contributed by atoms with Gasteiger partial charge in [-0.05, 0) is 44.0 Å². The van der Waals surface area contributed by atoms with Gasteiger partial charge in [0.05, 0.1) is 10.0 Å². The number of carbonyl (C=O) groups is 1. The highest BCUT2D eigenvalue weighted by Crippen LogP contribution is 2.25. The number of amides is 1. The van der Waals surface area contributed by atoms with E-state index in [1.165, 1.54) is 0 Å². The zero-order valence-corrected chi connectivity index (χ0v) is 16.2. The number of nitrogens with one attached hydrogen (secondary N) is 1. The molecule has 0 atom stereocenters. The molecule has 25 heavy (non-hydrogen) atoms. The maximum atomic E-state index is 12.6. The van der Waals surface area contributed by atoms with E-state index < -0.39 is 0 Å². The van der Waals surface area contributed by atoms with E-state index >= 15 is 0 Å². The van der Waals surface area contributed by atoms with Crippen molar-refractivity contribution in [3.63, 3.8) is 0 Å². The lowest BCUT2D eigenvalue weighted by Crippen LogP contribution is -2.28. The molecule has 5 nitrogen and oxygen atoms in total. The third kappa shape index (κ3) is 5.31. The highest BCUT2D eigenvalue weighted by atomic mass is 35.5. The summed E-state index contributed by atoms with van der Waals surface area (Å²) >= 11 is 11.9. The second-order valence-electron chi connectivity index (χ2n) is 5.76. The van der Waals surface area contributed by atoms with E-state index in [4.69, 9.17) is 23.2 Å². The van der Waals surface area contributed by atoms with Gasteiger partial charge in [-0.1, -0.05) is 37.0 Å². The van der Waals surface area contributed by atoms with Crippen molar-refractivity contribution >= 4 is 40.7 Å². The minimum Gasteiger partial charge on any atom is -0.341 e. The molecule has 0 aliphatic heterocycles. The van der Waals surface area contributed by atoms with Crippen molar-refractivity contribution in [2.24, 2.45) is 0 Å². The van der Waals surface area contributed by atoms with Crippen molar-refractivity contribution in [1.29, 1.82) is 0 Å². The van der Waals surface area contributed by atoms with Crippen LogP contribution in [0.2, 0.25) is 10.0 Å². The van der Waals surface area contributed by atoms with E-state index in [0.29, 0.717) is 27.4 Å². The first-order valence-corrected chi connectivity index (χ1v) is 9.07. The molecule has 0 unspecified atom stereocenters. The third-order valence-electron chi connectivity index (χ3n) is 3.52. The molecule has 0 fully saturated rings. The molecule has 1 heterocycles. The molecule has 0 aliphatic carbocycles. The Morgan fingerprint density at radius 3 is 2.36 bits per heavy atom. The first-order valence-electron chi connectivity index (χ1n) is 8.31. The molecular weight excluding hydrogens is 359 g/mol. The van der Waals surface area contributed by atoms with Crippen LogP contribution in [0.3, 0.4) is 0 Å². The van der Waals surface area contributed by atoms with E-state index in [-0.39, 0.29) is 5.91 Å². The molecular formula is C18H22Cl2N4O. The van der Waals surface area contributed by atoms with Gasteiger partial charge in [-0.15, -0.1) is 0 Å². The van der Waals surface area contributed by atoms with Crippen molar-refractivity contribution in [2.45, 2.75) is 33.6 Å². The number of nitrogens with zero attached hydrogens (tertiary/aromatic N) is 3. The smallest absolute Gasteiger partial charge is 0.274 e. The number of benzene rings is 1. The first kappa shape index (κ1) is 19.5. The lowest BCUT2D eigenvalue weighted by Gasteiger charge is -2.22. The molecule has 1 aromatic heterocycles. The fourth-order valence-corrected chi connectivity index (χ4v) is 2.73. The highest BCUT2D eigenvalue weighted by molar-refractivity contribution is 6.42. The van der Waals surface area contributed by atoms with Gasteiger partial charge in [0.15, 0.2) is 0 Å². The van der Waals surface area contributed by atoms with Gasteiger partial charge < -0.3 is 10.2 Å². The number of aryl methyl sites for hydroxylation is 1. The predicted molar refractivity (Wildman–Crippen MR) is 104 cm³/mol. The zero-order chi connectivity index (χ0) is 18.4. The molecule has 1 aromatic carbocycles. The summed E-state index contributed by atoms with van der Waals surface area (Å²) in [7, 11) is 0. The molecule has 0 spiro atoms. The summed E-state index contributed by atoms with van der Waals surface area (Å²) in [6.07, 6.45) is 1.98. The van der Waals surface area contributed by atoms with E-state index in [1.807, 2.05) is 6.92 Å². The Bertz CT molecular complexity index is 746. The summed E-state index contributed by atoms with van der Waals surface area (Å²) in [6.45, 7) is 7.78. The molecule has 1 amide bonds. The van der Waals surface area contributed by atoms with Crippen LogP contribution in [0.25, 0.3) is 0 Å². The van der Waals surface area contributed by atoms with E-state index in [0.717, 1.165) is 31.6 Å². The van der Waals surface area contributed by atoms with Crippen LogP contribution < -0.4 is 10.2 Å². The van der Waals surface area contributed by atoms with Crippen LogP contribution in [0.4, 0.5) is 11.6 Å². The fraction of sp³-hybridized carbons (Fsp3) is 0.389. The summed E-state index contributed by atoms with van der Waals surface area (Å²) in [6, 6.07) is 6.62. The SMILES string of the molecule is CCCN(CCC)c1nc(C)cc(C(=O)Nc2ccc(Cl)c(Cl)c2)n1. The van der Waals surface area contributed by atoms with Crippen LogP contribution in [0.1, 0.15) is 42.9 Å². The molecule has 1 N–H and O–H groups in total. The van der Waals surface area contributed by atoms with Crippen LogP contribution in [0, 0.1) is 6.92 Å². The lowest BCUT2D eigenvalue weighted by atomic mass is 10.2. The Balaban J connectivity index is 2.25. The Kier molecular flexibility index (Phi) is 7.02. The lowest BCUT2D eigenvalue weighted by molar-refractivity contribution is 0.102. The van der Waals surface area contributed by atoms with Gasteiger partial charge in [0.1, 0.15) is 5.69 Å². The topological polar surface area (TPSA) is 58.1 Å². The molecule has 2 aromatic rings. The van der Waals surface area contributed by atoms with E-state index in [2.05, 4.69) is 34.0 Å². The second-order valence-corrected chi connectivity index (χ2v) is 6.58. The second kappa shape index (κ2) is 9.02. The Morgan fingerprint density at radius 1 is 1.08 bits per heavy atom. The molecule has 0 saturated carbocycles. The quantitative estimate of drug-likeness (QED) is 0.736. The third-order valence-corrected chi connectivity index (χ3v) is 4.26. The van der Waals surface area contributed by atoms with Crippen molar-refractivity contribution < 1.29 is 4.79 Å². The number of rotatable bonds is 7. The van der Waals surface area contributed by atoms with Crippen LogP contribution in [0.15, 0.2) is 24.3 Å². The van der Waals surface area contributed by atoms with Gasteiger partial charge >= 0.3 is 0 Å². The summed E-state index contributed by atoms with van der Waals surface area (Å²) in [5.41, 5.74) is 1.64. The first-order chi connectivity index (χ1) is 11.9. The largest absolute Gasteiger partial charge is 0.341 e. The van der Waals surface area contributed by atoms with Gasteiger partial charge in [-0.3, -0.25) is 4.79 Å². The average Bonchev–Trinajstić information content (AvgIpc) is 2.57. The Hall–Kier alpha value is -1.85. The van der Waals surface area contributed by atoms with Crippen LogP contribution in [0.5, 0.6) is 0 Å². The van der Waals surface area contributed by atoms with Crippen LogP contribution in [-0.4, -0.2) is 29.0 Å². The standard InChI is InChI=1S/C18H22Cl2N4O/c1-4-8-24(9-5-2)18-21-12(3)10-16(23-18)17(25)22-13-6-7-14(19)15(20)11-13/h6-7,10-11H,4-5,8-9H2,1-3H3,(H,22,25). The van der Waals surface area contributed by atoms with Crippen molar-refractivity contribution in [3.05, 3.63) is 45.7 Å². The predicted octanol–water partition coefficient (Wildman–Crippen LogP) is 4.97. The summed E-state index contributed by atoms with van der Waals surface area (Å²) in [5, 5.41) is 3.62.